The Morgan fingerprint density at radius 1 is 1.24 bits per heavy atom. The van der Waals surface area contributed by atoms with Crippen LogP contribution >= 0.6 is 22.6 Å². The molecule has 2 atom stereocenters. The first-order chi connectivity index (χ1) is 14.1. The highest BCUT2D eigenvalue weighted by molar-refractivity contribution is 14.1. The Hall–Kier alpha value is -2.46. The summed E-state index contributed by atoms with van der Waals surface area (Å²) in [5.41, 5.74) is 0.920. The van der Waals surface area contributed by atoms with Crippen molar-refractivity contribution in [2.24, 2.45) is 0 Å². The lowest BCUT2D eigenvalue weighted by Crippen LogP contribution is -2.39. The van der Waals surface area contributed by atoms with E-state index in [1.54, 1.807) is 0 Å². The smallest absolute Gasteiger partial charge is 0.258 e. The summed E-state index contributed by atoms with van der Waals surface area (Å²) in [5.74, 6) is 1.68. The zero-order chi connectivity index (χ0) is 20.2. The predicted octanol–water partition coefficient (Wildman–Crippen LogP) is 3.28. The lowest BCUT2D eigenvalue weighted by atomic mass is 10.1. The predicted molar refractivity (Wildman–Crippen MR) is 116 cm³/mol. The number of benzene rings is 2. The molecule has 1 amide bonds. The van der Waals surface area contributed by atoms with E-state index in [-0.39, 0.29) is 24.6 Å². The molecule has 0 spiro atoms. The van der Waals surface area contributed by atoms with Gasteiger partial charge in [0.2, 0.25) is 11.7 Å². The molecule has 0 bridgehead atoms. The van der Waals surface area contributed by atoms with Crippen LogP contribution in [0.1, 0.15) is 18.4 Å². The van der Waals surface area contributed by atoms with Crippen LogP contribution in [0, 0.1) is 3.57 Å². The molecule has 4 rings (SSSR count). The van der Waals surface area contributed by atoms with Gasteiger partial charge in [-0.3, -0.25) is 9.69 Å². The van der Waals surface area contributed by atoms with Crippen molar-refractivity contribution in [1.29, 1.82) is 0 Å². The van der Waals surface area contributed by atoms with Gasteiger partial charge in [-0.15, -0.1) is 0 Å². The highest BCUT2D eigenvalue weighted by atomic mass is 127. The van der Waals surface area contributed by atoms with Crippen molar-refractivity contribution in [1.82, 2.24) is 20.4 Å². The second-order valence-electron chi connectivity index (χ2n) is 7.02. The second-order valence-corrected chi connectivity index (χ2v) is 8.27. The van der Waals surface area contributed by atoms with E-state index in [0.717, 1.165) is 9.13 Å². The van der Waals surface area contributed by atoms with Gasteiger partial charge in [-0.25, -0.2) is 0 Å². The number of ether oxygens (including phenoxy) is 1. The van der Waals surface area contributed by atoms with Gasteiger partial charge >= 0.3 is 0 Å². The van der Waals surface area contributed by atoms with Crippen LogP contribution in [0.15, 0.2) is 59.1 Å². The van der Waals surface area contributed by atoms with Gasteiger partial charge in [-0.05, 0) is 60.3 Å². The molecule has 29 heavy (non-hydrogen) atoms. The highest BCUT2D eigenvalue weighted by Gasteiger charge is 2.35. The zero-order valence-corrected chi connectivity index (χ0v) is 18.1. The van der Waals surface area contributed by atoms with Gasteiger partial charge in [-0.1, -0.05) is 35.5 Å². The molecule has 2 heterocycles. The summed E-state index contributed by atoms with van der Waals surface area (Å²) in [5, 5.41) is 7.15. The summed E-state index contributed by atoms with van der Waals surface area (Å²) in [7, 11) is 1.99. The van der Waals surface area contributed by atoms with Gasteiger partial charge in [0.25, 0.3) is 5.91 Å². The van der Waals surface area contributed by atoms with E-state index in [1.165, 1.54) is 0 Å². The third-order valence-electron chi connectivity index (χ3n) is 4.86. The van der Waals surface area contributed by atoms with Crippen LogP contribution in [0.2, 0.25) is 0 Å². The van der Waals surface area contributed by atoms with E-state index >= 15 is 0 Å². The molecule has 1 fully saturated rings. The molecule has 2 aromatic carbocycles. The SMILES string of the molecule is CN1C[C@@H](NC(=O)COc2ccccc2)C[C@H]1c1nc(-c2ccc(I)cc2)no1. The van der Waals surface area contributed by atoms with Gasteiger partial charge in [0.15, 0.2) is 6.61 Å². The van der Waals surface area contributed by atoms with Gasteiger partial charge in [0.05, 0.1) is 6.04 Å². The summed E-state index contributed by atoms with van der Waals surface area (Å²) in [6, 6.07) is 17.3. The zero-order valence-electron chi connectivity index (χ0n) is 15.9. The molecule has 150 valence electrons. The number of amides is 1. The topological polar surface area (TPSA) is 80.5 Å². The monoisotopic (exact) mass is 504 g/mol. The minimum Gasteiger partial charge on any atom is -0.484 e. The standard InChI is InChI=1S/C21H21IN4O3/c1-26-12-16(23-19(27)13-28-17-5-3-2-4-6-17)11-18(26)21-24-20(25-29-21)14-7-9-15(22)10-8-14/h2-10,16,18H,11-13H2,1H3,(H,23,27)/t16-,18-/m0/s1. The van der Waals surface area contributed by atoms with Gasteiger partial charge in [-0.2, -0.15) is 4.98 Å². The van der Waals surface area contributed by atoms with Crippen LogP contribution in [-0.2, 0) is 4.79 Å². The van der Waals surface area contributed by atoms with Crippen LogP contribution in [0.25, 0.3) is 11.4 Å². The molecule has 1 aliphatic heterocycles. The number of aromatic nitrogens is 2. The molecule has 3 aromatic rings. The van der Waals surface area contributed by atoms with Crippen molar-refractivity contribution in [2.45, 2.75) is 18.5 Å². The first-order valence-electron chi connectivity index (χ1n) is 9.35. The summed E-state index contributed by atoms with van der Waals surface area (Å²) in [6.45, 7) is 0.704. The lowest BCUT2D eigenvalue weighted by molar-refractivity contribution is -0.123. The normalized spacial score (nSPS) is 19.2. The fraction of sp³-hybridized carbons (Fsp3) is 0.286. The summed E-state index contributed by atoms with van der Waals surface area (Å²) in [6.07, 6.45) is 0.710. The molecule has 1 N–H and O–H groups in total. The minimum atomic E-state index is -0.141. The van der Waals surface area contributed by atoms with Crippen LogP contribution in [0.4, 0.5) is 0 Å². The second kappa shape index (κ2) is 8.91. The van der Waals surface area contributed by atoms with E-state index in [9.17, 15) is 4.79 Å². The quantitative estimate of drug-likeness (QED) is 0.520. The fourth-order valence-corrected chi connectivity index (χ4v) is 3.77. The maximum atomic E-state index is 12.2. The number of para-hydroxylation sites is 1. The molecular formula is C21H21IN4O3. The third kappa shape index (κ3) is 4.94. The van der Waals surface area contributed by atoms with E-state index in [0.29, 0.717) is 30.4 Å². The Kier molecular flexibility index (Phi) is 6.10. The third-order valence-corrected chi connectivity index (χ3v) is 5.57. The number of hydrogen-bond donors (Lipinski definition) is 1. The Bertz CT molecular complexity index is 962. The van der Waals surface area contributed by atoms with Crippen LogP contribution < -0.4 is 10.1 Å². The minimum absolute atomic E-state index is 0.00512. The van der Waals surface area contributed by atoms with Gasteiger partial charge < -0.3 is 14.6 Å². The van der Waals surface area contributed by atoms with Gasteiger partial charge in [0.1, 0.15) is 5.75 Å². The highest BCUT2D eigenvalue weighted by Crippen LogP contribution is 2.31. The number of carbonyl (C=O) groups excluding carboxylic acids is 1. The Labute approximate surface area is 182 Å². The van der Waals surface area contributed by atoms with E-state index in [2.05, 4.69) is 42.9 Å². The van der Waals surface area contributed by atoms with Crippen molar-refractivity contribution in [3.05, 3.63) is 64.1 Å². The van der Waals surface area contributed by atoms with Crippen molar-refractivity contribution >= 4 is 28.5 Å². The van der Waals surface area contributed by atoms with Crippen LogP contribution in [0.3, 0.4) is 0 Å². The number of nitrogens with zero attached hydrogens (tertiary/aromatic N) is 3. The van der Waals surface area contributed by atoms with E-state index < -0.39 is 0 Å². The van der Waals surface area contributed by atoms with Crippen molar-refractivity contribution in [3.63, 3.8) is 0 Å². The van der Waals surface area contributed by atoms with E-state index in [1.807, 2.05) is 61.6 Å². The Balaban J connectivity index is 1.34. The number of likely N-dealkylation sites (tertiary alicyclic amines) is 1. The molecule has 0 aliphatic carbocycles. The maximum absolute atomic E-state index is 12.2. The molecule has 0 radical (unpaired) electrons. The average Bonchev–Trinajstić information content (AvgIpc) is 3.34. The summed E-state index contributed by atoms with van der Waals surface area (Å²) >= 11 is 2.26. The van der Waals surface area contributed by atoms with Crippen LogP contribution in [-0.4, -0.2) is 47.2 Å². The summed E-state index contributed by atoms with van der Waals surface area (Å²) in [4.78, 5) is 18.9. The first kappa shape index (κ1) is 19.8. The Morgan fingerprint density at radius 3 is 2.76 bits per heavy atom. The largest absolute Gasteiger partial charge is 0.484 e. The maximum Gasteiger partial charge on any atom is 0.258 e. The number of hydrogen-bond acceptors (Lipinski definition) is 6. The van der Waals surface area contributed by atoms with Gasteiger partial charge in [0, 0.05) is 21.7 Å². The fourth-order valence-electron chi connectivity index (χ4n) is 3.41. The summed E-state index contributed by atoms with van der Waals surface area (Å²) < 4.78 is 12.2. The molecule has 1 aliphatic rings. The molecule has 1 aromatic heterocycles. The van der Waals surface area contributed by atoms with E-state index in [4.69, 9.17) is 9.26 Å². The number of rotatable bonds is 6. The molecule has 0 unspecified atom stereocenters. The number of nitrogens with one attached hydrogen (secondary N) is 1. The Morgan fingerprint density at radius 2 is 2.00 bits per heavy atom. The van der Waals surface area contributed by atoms with Crippen molar-refractivity contribution in [2.75, 3.05) is 20.2 Å². The molecule has 7 nitrogen and oxygen atoms in total. The molecule has 8 heteroatoms. The van der Waals surface area contributed by atoms with Crippen LogP contribution in [0.5, 0.6) is 5.75 Å². The first-order valence-corrected chi connectivity index (χ1v) is 10.4. The number of carbonyl (C=O) groups is 1. The number of halogens is 1. The molecular weight excluding hydrogens is 483 g/mol. The lowest BCUT2D eigenvalue weighted by Gasteiger charge is -2.14. The molecule has 1 saturated heterocycles. The van der Waals surface area contributed by atoms with Crippen molar-refractivity contribution in [3.8, 4) is 17.1 Å². The molecule has 0 saturated carbocycles. The van der Waals surface area contributed by atoms with Crippen molar-refractivity contribution < 1.29 is 14.1 Å². The number of likely N-dealkylation sites (N-methyl/N-ethyl adjacent to an activating group) is 1. The average molecular weight is 504 g/mol.